The number of hydrogen-bond donors (Lipinski definition) is 1. The summed E-state index contributed by atoms with van der Waals surface area (Å²) in [6.45, 7) is 1.83. The Kier molecular flexibility index (Phi) is 7.05. The van der Waals surface area contributed by atoms with Gasteiger partial charge in [-0.1, -0.05) is 72.8 Å². The Morgan fingerprint density at radius 1 is 0.976 bits per heavy atom. The van der Waals surface area contributed by atoms with Crippen LogP contribution in [0.15, 0.2) is 91.0 Å². The third-order valence-corrected chi connectivity index (χ3v) is 9.29. The molecule has 1 saturated heterocycles. The van der Waals surface area contributed by atoms with Crippen molar-refractivity contribution in [2.75, 3.05) is 18.6 Å². The number of aryl methyl sites for hydroxylation is 1. The summed E-state index contributed by atoms with van der Waals surface area (Å²) in [5, 5.41) is 8.59. The monoisotopic (exact) mass is 566 g/mol. The Balaban J connectivity index is 1.51. The lowest BCUT2D eigenvalue weighted by Crippen LogP contribution is -2.29. The number of ether oxygens (including phenoxy) is 1. The van der Waals surface area contributed by atoms with E-state index in [4.69, 9.17) is 14.8 Å². The van der Waals surface area contributed by atoms with E-state index in [2.05, 4.69) is 5.32 Å². The van der Waals surface area contributed by atoms with Gasteiger partial charge in [-0.15, -0.1) is 0 Å². The Labute approximate surface area is 238 Å². The van der Waals surface area contributed by atoms with Crippen molar-refractivity contribution < 1.29 is 17.9 Å². The fraction of sp³-hybridized carbons (Fsp3) is 0.219. The molecule has 0 radical (unpaired) electrons. The summed E-state index contributed by atoms with van der Waals surface area (Å²) in [6.07, 6.45) is 0.454. The van der Waals surface area contributed by atoms with Gasteiger partial charge < -0.3 is 10.1 Å². The van der Waals surface area contributed by atoms with Crippen molar-refractivity contribution in [2.24, 2.45) is 0 Å². The molecule has 2 aromatic heterocycles. The van der Waals surface area contributed by atoms with Gasteiger partial charge in [0.05, 0.1) is 53.0 Å². The van der Waals surface area contributed by atoms with Crippen LogP contribution in [0.2, 0.25) is 0 Å². The van der Waals surface area contributed by atoms with E-state index in [1.807, 2.05) is 91.9 Å². The smallest absolute Gasteiger partial charge is 0.252 e. The molecule has 208 valence electrons. The minimum atomic E-state index is -3.16. The number of fused-ring (bicyclic) bond motifs is 1. The number of amides is 1. The van der Waals surface area contributed by atoms with Gasteiger partial charge in [-0.05, 0) is 42.7 Å². The fourth-order valence-electron chi connectivity index (χ4n) is 5.50. The van der Waals surface area contributed by atoms with Crippen LogP contribution in [0.25, 0.3) is 22.3 Å². The summed E-state index contributed by atoms with van der Waals surface area (Å²) < 4.78 is 31.8. The molecule has 1 fully saturated rings. The van der Waals surface area contributed by atoms with Crippen molar-refractivity contribution in [1.29, 1.82) is 0 Å². The van der Waals surface area contributed by atoms with Crippen molar-refractivity contribution in [3.8, 4) is 17.0 Å². The van der Waals surface area contributed by atoms with Gasteiger partial charge in [-0.3, -0.25) is 4.79 Å². The topological polar surface area (TPSA) is 103 Å². The number of pyridine rings is 1. The normalized spacial score (nSPS) is 16.2. The van der Waals surface area contributed by atoms with E-state index in [0.717, 1.165) is 16.7 Å². The minimum Gasteiger partial charge on any atom is -0.497 e. The summed E-state index contributed by atoms with van der Waals surface area (Å²) in [6, 6.07) is 28.2. The molecule has 1 N–H and O–H groups in total. The second kappa shape index (κ2) is 10.8. The van der Waals surface area contributed by atoms with Crippen LogP contribution in [0.3, 0.4) is 0 Å². The van der Waals surface area contributed by atoms with Gasteiger partial charge in [0.1, 0.15) is 5.75 Å². The van der Waals surface area contributed by atoms with Crippen molar-refractivity contribution in [3.05, 3.63) is 113 Å². The molecule has 1 unspecified atom stereocenters. The van der Waals surface area contributed by atoms with Crippen molar-refractivity contribution >= 4 is 26.8 Å². The lowest BCUT2D eigenvalue weighted by molar-refractivity contribution is 0.0944. The van der Waals surface area contributed by atoms with Gasteiger partial charge in [0.2, 0.25) is 0 Å². The second-order valence-corrected chi connectivity index (χ2v) is 12.5. The predicted octanol–water partition coefficient (Wildman–Crippen LogP) is 5.29. The van der Waals surface area contributed by atoms with Gasteiger partial charge in [-0.2, -0.15) is 5.10 Å². The minimum absolute atomic E-state index is 0.0000936. The van der Waals surface area contributed by atoms with Crippen LogP contribution in [0.5, 0.6) is 5.75 Å². The summed E-state index contributed by atoms with van der Waals surface area (Å²) in [5.41, 5.74) is 4.78. The molecule has 1 amide bonds. The Morgan fingerprint density at radius 3 is 2.27 bits per heavy atom. The van der Waals surface area contributed by atoms with Gasteiger partial charge in [0, 0.05) is 5.56 Å². The first-order valence-electron chi connectivity index (χ1n) is 13.5. The lowest BCUT2D eigenvalue weighted by atomic mass is 9.97. The van der Waals surface area contributed by atoms with E-state index < -0.39 is 9.84 Å². The molecule has 8 nitrogen and oxygen atoms in total. The van der Waals surface area contributed by atoms with E-state index >= 15 is 0 Å². The number of sulfone groups is 1. The van der Waals surface area contributed by atoms with Gasteiger partial charge >= 0.3 is 0 Å². The van der Waals surface area contributed by atoms with Crippen LogP contribution in [-0.2, 0) is 9.84 Å². The highest BCUT2D eigenvalue weighted by molar-refractivity contribution is 7.91. The molecule has 0 saturated carbocycles. The Hall–Kier alpha value is -4.50. The molecular weight excluding hydrogens is 536 g/mol. The molecule has 3 heterocycles. The average Bonchev–Trinajstić information content (AvgIpc) is 3.54. The molecule has 1 aliphatic heterocycles. The van der Waals surface area contributed by atoms with Gasteiger partial charge in [0.15, 0.2) is 15.5 Å². The fourth-order valence-corrected chi connectivity index (χ4v) is 7.20. The highest BCUT2D eigenvalue weighted by Crippen LogP contribution is 2.33. The third-order valence-electron chi connectivity index (χ3n) is 7.54. The first-order chi connectivity index (χ1) is 19.8. The van der Waals surface area contributed by atoms with E-state index in [1.165, 1.54) is 0 Å². The molecule has 1 aliphatic rings. The number of aromatic nitrogens is 3. The molecule has 3 aromatic carbocycles. The van der Waals surface area contributed by atoms with E-state index in [9.17, 15) is 13.2 Å². The molecule has 0 aliphatic carbocycles. The van der Waals surface area contributed by atoms with Crippen LogP contribution in [0.1, 0.15) is 45.7 Å². The molecular formula is C32H30N4O4S. The lowest BCUT2D eigenvalue weighted by Gasteiger charge is -2.20. The zero-order valence-electron chi connectivity index (χ0n) is 22.8. The number of nitrogens with zero attached hydrogens (tertiary/aromatic N) is 3. The second-order valence-electron chi connectivity index (χ2n) is 10.3. The number of hydrogen-bond acceptors (Lipinski definition) is 6. The van der Waals surface area contributed by atoms with E-state index in [1.54, 1.807) is 17.9 Å². The summed E-state index contributed by atoms with van der Waals surface area (Å²) >= 11 is 0. The zero-order valence-corrected chi connectivity index (χ0v) is 23.6. The number of rotatable bonds is 7. The standard InChI is InChI=1S/C32H30N4O4S/c1-21-29-27(32(37)34-30(22-10-5-3-6-11-22)23-12-7-4-8-13-23)19-28(24-14-9-15-26(18-24)40-2)33-31(29)36(35-21)25-16-17-41(38,39)20-25/h3-15,18-19,25,30H,16-17,20H2,1-2H3,(H,34,37). The number of nitrogens with one attached hydrogen (secondary N) is 1. The van der Waals surface area contributed by atoms with E-state index in [0.29, 0.717) is 40.2 Å². The molecule has 5 aromatic rings. The highest BCUT2D eigenvalue weighted by atomic mass is 32.2. The van der Waals surface area contributed by atoms with Crippen molar-refractivity contribution in [1.82, 2.24) is 20.1 Å². The number of carbonyl (C=O) groups excluding carboxylic acids is 1. The third kappa shape index (κ3) is 5.32. The zero-order chi connectivity index (χ0) is 28.6. The summed E-state index contributed by atoms with van der Waals surface area (Å²) in [7, 11) is -1.56. The number of benzene rings is 3. The first kappa shape index (κ1) is 26.7. The number of carbonyl (C=O) groups is 1. The quantitative estimate of drug-likeness (QED) is 0.287. The summed E-state index contributed by atoms with van der Waals surface area (Å²) in [4.78, 5) is 19.2. The molecule has 41 heavy (non-hydrogen) atoms. The maximum absolute atomic E-state index is 14.2. The maximum Gasteiger partial charge on any atom is 0.252 e. The number of methoxy groups -OCH3 is 1. The highest BCUT2D eigenvalue weighted by Gasteiger charge is 2.33. The van der Waals surface area contributed by atoms with Crippen LogP contribution >= 0.6 is 0 Å². The average molecular weight is 567 g/mol. The molecule has 1 atom stereocenters. The summed E-state index contributed by atoms with van der Waals surface area (Å²) in [5.74, 6) is 0.493. The largest absolute Gasteiger partial charge is 0.497 e. The SMILES string of the molecule is COc1cccc(-c2cc(C(=O)NC(c3ccccc3)c3ccccc3)c3c(C)nn(C4CCS(=O)(=O)C4)c3n2)c1. The predicted molar refractivity (Wildman–Crippen MR) is 159 cm³/mol. The molecule has 0 bridgehead atoms. The molecule has 0 spiro atoms. The van der Waals surface area contributed by atoms with Crippen molar-refractivity contribution in [2.45, 2.75) is 25.4 Å². The van der Waals surface area contributed by atoms with Crippen molar-refractivity contribution in [3.63, 3.8) is 0 Å². The van der Waals surface area contributed by atoms with Gasteiger partial charge in [0.25, 0.3) is 5.91 Å². The Bertz CT molecular complexity index is 1800. The molecule has 6 rings (SSSR count). The van der Waals surface area contributed by atoms with Crippen LogP contribution in [0, 0.1) is 6.92 Å². The maximum atomic E-state index is 14.2. The van der Waals surface area contributed by atoms with Crippen LogP contribution < -0.4 is 10.1 Å². The van der Waals surface area contributed by atoms with Crippen LogP contribution in [-0.4, -0.2) is 47.7 Å². The molecule has 9 heteroatoms. The van der Waals surface area contributed by atoms with Gasteiger partial charge in [-0.25, -0.2) is 18.1 Å². The first-order valence-corrected chi connectivity index (χ1v) is 15.3. The Morgan fingerprint density at radius 2 is 1.66 bits per heavy atom. The van der Waals surface area contributed by atoms with E-state index in [-0.39, 0.29) is 29.5 Å². The van der Waals surface area contributed by atoms with Crippen LogP contribution in [0.4, 0.5) is 0 Å².